The highest BCUT2D eigenvalue weighted by molar-refractivity contribution is 6.13. The average molecular weight is 381 g/mol. The van der Waals surface area contributed by atoms with Crippen LogP contribution in [0, 0.1) is 0 Å². The Hall–Kier alpha value is -2.44. The maximum absolute atomic E-state index is 12.0. The minimum absolute atomic E-state index is 0.0925. The lowest BCUT2D eigenvalue weighted by Crippen LogP contribution is -2.18. The highest BCUT2D eigenvalue weighted by atomic mass is 16.5. The third-order valence-electron chi connectivity index (χ3n) is 5.62. The molecule has 1 saturated heterocycles. The lowest BCUT2D eigenvalue weighted by molar-refractivity contribution is 0.0685. The van der Waals surface area contributed by atoms with Crippen LogP contribution < -0.4 is 0 Å². The molecule has 1 aliphatic rings. The Morgan fingerprint density at radius 3 is 2.68 bits per heavy atom. The molecule has 0 atom stereocenters. The quantitative estimate of drug-likeness (QED) is 0.666. The Morgan fingerprint density at radius 1 is 1.29 bits per heavy atom. The summed E-state index contributed by atoms with van der Waals surface area (Å²) in [5.74, 6) is -0.908. The lowest BCUT2D eigenvalue weighted by atomic mass is 9.98. The molecule has 6 nitrogen and oxygen atoms in total. The van der Waals surface area contributed by atoms with Crippen LogP contribution in [0.15, 0.2) is 18.2 Å². The van der Waals surface area contributed by atoms with Crippen molar-refractivity contribution >= 4 is 27.8 Å². The summed E-state index contributed by atoms with van der Waals surface area (Å²) in [5.41, 5.74) is 4.70. The van der Waals surface area contributed by atoms with Crippen molar-refractivity contribution in [2.45, 2.75) is 45.8 Å². The van der Waals surface area contributed by atoms with Gasteiger partial charge in [-0.2, -0.15) is 0 Å². The van der Waals surface area contributed by atoms with E-state index in [-0.39, 0.29) is 18.2 Å². The third-order valence-corrected chi connectivity index (χ3v) is 5.62. The number of benzene rings is 1. The first-order valence-corrected chi connectivity index (χ1v) is 9.92. The van der Waals surface area contributed by atoms with Crippen LogP contribution in [0.5, 0.6) is 0 Å². The topological polar surface area (TPSA) is 78.5 Å². The zero-order chi connectivity index (χ0) is 19.8. The zero-order valence-corrected chi connectivity index (χ0v) is 16.7. The van der Waals surface area contributed by atoms with Crippen LogP contribution in [0.25, 0.3) is 21.8 Å². The Kier molecular flexibility index (Phi) is 5.08. The largest absolute Gasteiger partial charge is 0.477 e. The third kappa shape index (κ3) is 3.16. The van der Waals surface area contributed by atoms with Crippen molar-refractivity contribution in [1.29, 1.82) is 0 Å². The van der Waals surface area contributed by atoms with Crippen LogP contribution in [-0.2, 0) is 17.9 Å². The van der Waals surface area contributed by atoms with Gasteiger partial charge in [-0.1, -0.05) is 26.0 Å². The molecule has 148 valence electrons. The summed E-state index contributed by atoms with van der Waals surface area (Å²) in [5, 5.41) is 11.9. The van der Waals surface area contributed by atoms with Crippen molar-refractivity contribution < 1.29 is 14.6 Å². The van der Waals surface area contributed by atoms with E-state index in [0.29, 0.717) is 5.56 Å². The monoisotopic (exact) mass is 381 g/mol. The van der Waals surface area contributed by atoms with Gasteiger partial charge in [0.15, 0.2) is 5.69 Å². The molecule has 2 N–H and O–H groups in total. The lowest BCUT2D eigenvalue weighted by Gasteiger charge is -2.17. The molecule has 1 aromatic carbocycles. The molecular formula is C22H27N3O3. The van der Waals surface area contributed by atoms with Gasteiger partial charge in [0, 0.05) is 35.5 Å². The Morgan fingerprint density at radius 2 is 2.04 bits per heavy atom. The molecule has 0 spiro atoms. The maximum Gasteiger partial charge on any atom is 0.354 e. The van der Waals surface area contributed by atoms with E-state index in [4.69, 9.17) is 4.74 Å². The van der Waals surface area contributed by atoms with E-state index in [0.717, 1.165) is 47.1 Å². The predicted molar refractivity (Wildman–Crippen MR) is 110 cm³/mol. The number of rotatable bonds is 6. The van der Waals surface area contributed by atoms with Crippen LogP contribution in [0.3, 0.4) is 0 Å². The van der Waals surface area contributed by atoms with E-state index in [9.17, 15) is 9.90 Å². The van der Waals surface area contributed by atoms with E-state index in [2.05, 4.69) is 33.1 Å². The number of likely N-dealkylation sites (tertiary alicyclic amines) is 1. The molecule has 0 saturated carbocycles. The van der Waals surface area contributed by atoms with Gasteiger partial charge < -0.3 is 14.8 Å². The summed E-state index contributed by atoms with van der Waals surface area (Å²) >= 11 is 0. The smallest absolute Gasteiger partial charge is 0.354 e. The number of fused-ring (bicyclic) bond motifs is 3. The maximum atomic E-state index is 12.0. The number of pyridine rings is 1. The van der Waals surface area contributed by atoms with Gasteiger partial charge in [-0.15, -0.1) is 0 Å². The number of ether oxygens (including phenoxy) is 1. The molecule has 0 radical (unpaired) electrons. The first-order valence-electron chi connectivity index (χ1n) is 9.92. The molecule has 0 bridgehead atoms. The van der Waals surface area contributed by atoms with Gasteiger partial charge in [0.05, 0.1) is 17.8 Å². The van der Waals surface area contributed by atoms with Crippen molar-refractivity contribution in [2.75, 3.05) is 20.2 Å². The average Bonchev–Trinajstić information content (AvgIpc) is 3.29. The van der Waals surface area contributed by atoms with Crippen LogP contribution in [0.4, 0.5) is 0 Å². The number of carboxylic acid groups (broad SMARTS) is 1. The highest BCUT2D eigenvalue weighted by Gasteiger charge is 2.25. The molecule has 0 unspecified atom stereocenters. The fourth-order valence-corrected chi connectivity index (χ4v) is 4.37. The van der Waals surface area contributed by atoms with Crippen LogP contribution in [0.2, 0.25) is 0 Å². The van der Waals surface area contributed by atoms with Crippen LogP contribution >= 0.6 is 0 Å². The van der Waals surface area contributed by atoms with Gasteiger partial charge in [-0.05, 0) is 43.5 Å². The van der Waals surface area contributed by atoms with E-state index >= 15 is 0 Å². The summed E-state index contributed by atoms with van der Waals surface area (Å²) in [6.07, 6.45) is 2.48. The Balaban J connectivity index is 2.06. The number of nitrogens with one attached hydrogen (secondary N) is 1. The number of carbonyl (C=O) groups is 1. The standard InChI is InChI=1S/C22H27N3O3/c1-13(2)19-21-18(15(12-28-3)20(24-19)22(26)27)17-14(7-6-8-16(17)23-21)11-25-9-4-5-10-25/h6-8,13,23H,4-5,9-12H2,1-3H3,(H,26,27). The van der Waals surface area contributed by atoms with Crippen LogP contribution in [-0.4, -0.2) is 46.1 Å². The first-order chi connectivity index (χ1) is 13.5. The number of aromatic nitrogens is 2. The number of H-pyrrole nitrogens is 1. The minimum atomic E-state index is -1.01. The summed E-state index contributed by atoms with van der Waals surface area (Å²) in [7, 11) is 1.59. The van der Waals surface area contributed by atoms with Crippen molar-refractivity contribution in [2.24, 2.45) is 0 Å². The van der Waals surface area contributed by atoms with Crippen molar-refractivity contribution in [1.82, 2.24) is 14.9 Å². The van der Waals surface area contributed by atoms with Crippen molar-refractivity contribution in [3.63, 3.8) is 0 Å². The molecule has 0 aliphatic carbocycles. The highest BCUT2D eigenvalue weighted by Crippen LogP contribution is 2.37. The second-order valence-corrected chi connectivity index (χ2v) is 7.92. The van der Waals surface area contributed by atoms with Crippen LogP contribution in [0.1, 0.15) is 59.9 Å². The number of nitrogens with zero attached hydrogens (tertiary/aromatic N) is 2. The molecule has 3 aromatic rings. The number of aromatic carboxylic acids is 1. The van der Waals surface area contributed by atoms with E-state index in [1.54, 1.807) is 7.11 Å². The van der Waals surface area contributed by atoms with Gasteiger partial charge in [0.1, 0.15) is 0 Å². The van der Waals surface area contributed by atoms with E-state index in [1.165, 1.54) is 18.4 Å². The Labute approximate surface area is 164 Å². The summed E-state index contributed by atoms with van der Waals surface area (Å²) in [4.78, 5) is 22.5. The van der Waals surface area contributed by atoms with E-state index in [1.807, 2.05) is 13.8 Å². The number of methoxy groups -OCH3 is 1. The molecular weight excluding hydrogens is 354 g/mol. The minimum Gasteiger partial charge on any atom is -0.477 e. The molecule has 2 aromatic heterocycles. The number of hydrogen-bond donors (Lipinski definition) is 2. The van der Waals surface area contributed by atoms with Gasteiger partial charge >= 0.3 is 5.97 Å². The van der Waals surface area contributed by atoms with Gasteiger partial charge in [0.2, 0.25) is 0 Å². The summed E-state index contributed by atoms with van der Waals surface area (Å²) in [6.45, 7) is 7.40. The van der Waals surface area contributed by atoms with Gasteiger partial charge in [-0.3, -0.25) is 4.90 Å². The molecule has 0 amide bonds. The normalized spacial score (nSPS) is 15.3. The molecule has 28 heavy (non-hydrogen) atoms. The molecule has 6 heteroatoms. The molecule has 4 rings (SSSR count). The number of hydrogen-bond acceptors (Lipinski definition) is 4. The van der Waals surface area contributed by atoms with Gasteiger partial charge in [0.25, 0.3) is 0 Å². The molecule has 1 aliphatic heterocycles. The summed E-state index contributed by atoms with van der Waals surface area (Å²) < 4.78 is 5.39. The fourth-order valence-electron chi connectivity index (χ4n) is 4.37. The Bertz CT molecular complexity index is 1030. The number of carboxylic acids is 1. The summed E-state index contributed by atoms with van der Waals surface area (Å²) in [6, 6.07) is 6.28. The number of aromatic amines is 1. The predicted octanol–water partition coefficient (Wildman–Crippen LogP) is 4.28. The molecule has 1 fully saturated rings. The second-order valence-electron chi connectivity index (χ2n) is 7.92. The zero-order valence-electron chi connectivity index (χ0n) is 16.7. The fraction of sp³-hybridized carbons (Fsp3) is 0.455. The van der Waals surface area contributed by atoms with Crippen molar-refractivity contribution in [3.05, 3.63) is 40.7 Å². The SMILES string of the molecule is COCc1c(C(=O)O)nc(C(C)C)c2[nH]c3cccc(CN4CCCC4)c3c12. The van der Waals surface area contributed by atoms with E-state index < -0.39 is 5.97 Å². The second kappa shape index (κ2) is 7.53. The first kappa shape index (κ1) is 18.9. The van der Waals surface area contributed by atoms with Gasteiger partial charge in [-0.25, -0.2) is 9.78 Å². The van der Waals surface area contributed by atoms with Crippen molar-refractivity contribution in [3.8, 4) is 0 Å². The molecule has 3 heterocycles.